The second-order valence-corrected chi connectivity index (χ2v) is 6.03. The van der Waals surface area contributed by atoms with Gasteiger partial charge in [0, 0.05) is 32.1 Å². The maximum Gasteiger partial charge on any atom is 0.427 e. The van der Waals surface area contributed by atoms with Crippen LogP contribution in [0, 0.1) is 0 Å². The standard InChI is InChI=1S/C13H15F3N4S/c14-13(15,16)10-7-18-12(21-10)17-5-4-9-8-20-6-2-1-3-11(20)19-9/h7-8H,1-6H2,(H,17,18). The summed E-state index contributed by atoms with van der Waals surface area (Å²) in [5.74, 6) is 1.12. The van der Waals surface area contributed by atoms with Gasteiger partial charge in [-0.2, -0.15) is 13.2 Å². The van der Waals surface area contributed by atoms with Gasteiger partial charge in [-0.3, -0.25) is 0 Å². The van der Waals surface area contributed by atoms with Crippen molar-refractivity contribution < 1.29 is 13.2 Å². The van der Waals surface area contributed by atoms with E-state index in [1.165, 1.54) is 12.8 Å². The van der Waals surface area contributed by atoms with Crippen LogP contribution in [0.4, 0.5) is 18.3 Å². The largest absolute Gasteiger partial charge is 0.427 e. The van der Waals surface area contributed by atoms with Crippen molar-refractivity contribution in [3.63, 3.8) is 0 Å². The molecule has 0 radical (unpaired) electrons. The van der Waals surface area contributed by atoms with Gasteiger partial charge in [0.15, 0.2) is 5.13 Å². The topological polar surface area (TPSA) is 42.7 Å². The number of aromatic nitrogens is 3. The quantitative estimate of drug-likeness (QED) is 0.940. The molecule has 0 atom stereocenters. The monoisotopic (exact) mass is 316 g/mol. The molecule has 2 aromatic rings. The van der Waals surface area contributed by atoms with Crippen molar-refractivity contribution in [3.8, 4) is 0 Å². The lowest BCUT2D eigenvalue weighted by molar-refractivity contribution is -0.134. The van der Waals surface area contributed by atoms with Crippen LogP contribution < -0.4 is 5.32 Å². The smallest absolute Gasteiger partial charge is 0.361 e. The summed E-state index contributed by atoms with van der Waals surface area (Å²) in [4.78, 5) is 7.61. The Hall–Kier alpha value is -1.57. The molecule has 0 saturated heterocycles. The number of rotatable bonds is 4. The zero-order valence-corrected chi connectivity index (χ0v) is 12.1. The van der Waals surface area contributed by atoms with Crippen LogP contribution in [0.3, 0.4) is 0 Å². The average Bonchev–Trinajstić information content (AvgIpc) is 3.03. The molecule has 0 bridgehead atoms. The zero-order valence-electron chi connectivity index (χ0n) is 11.3. The van der Waals surface area contributed by atoms with E-state index in [1.807, 2.05) is 6.20 Å². The van der Waals surface area contributed by atoms with Gasteiger partial charge < -0.3 is 9.88 Å². The number of aryl methyl sites for hydroxylation is 2. The van der Waals surface area contributed by atoms with Crippen molar-refractivity contribution in [2.45, 2.75) is 38.4 Å². The van der Waals surface area contributed by atoms with Crippen molar-refractivity contribution in [3.05, 3.63) is 28.8 Å². The molecule has 4 nitrogen and oxygen atoms in total. The first kappa shape index (κ1) is 14.4. The van der Waals surface area contributed by atoms with E-state index in [9.17, 15) is 13.2 Å². The molecule has 0 unspecified atom stereocenters. The second kappa shape index (κ2) is 5.67. The van der Waals surface area contributed by atoms with E-state index in [-0.39, 0.29) is 0 Å². The highest BCUT2D eigenvalue weighted by Gasteiger charge is 2.33. The fourth-order valence-corrected chi connectivity index (χ4v) is 3.09. The summed E-state index contributed by atoms with van der Waals surface area (Å²) in [5.41, 5.74) is 0.979. The Morgan fingerprint density at radius 1 is 1.33 bits per heavy atom. The highest BCUT2D eigenvalue weighted by Crippen LogP contribution is 2.34. The molecule has 3 heterocycles. The third-order valence-electron chi connectivity index (χ3n) is 3.40. The Balaban J connectivity index is 1.54. The van der Waals surface area contributed by atoms with Crippen LogP contribution in [-0.4, -0.2) is 21.1 Å². The van der Waals surface area contributed by atoms with Crippen LogP contribution in [0.25, 0.3) is 0 Å². The van der Waals surface area contributed by atoms with Crippen molar-refractivity contribution in [2.24, 2.45) is 0 Å². The van der Waals surface area contributed by atoms with Crippen LogP contribution in [0.2, 0.25) is 0 Å². The van der Waals surface area contributed by atoms with E-state index in [2.05, 4.69) is 19.9 Å². The van der Waals surface area contributed by atoms with E-state index in [0.29, 0.717) is 29.4 Å². The molecule has 0 aromatic carbocycles. The number of halogens is 3. The van der Waals surface area contributed by atoms with E-state index in [0.717, 1.165) is 30.7 Å². The molecular weight excluding hydrogens is 301 g/mol. The van der Waals surface area contributed by atoms with Gasteiger partial charge in [-0.05, 0) is 12.8 Å². The number of hydrogen-bond donors (Lipinski definition) is 1. The van der Waals surface area contributed by atoms with Crippen LogP contribution in [-0.2, 0) is 25.6 Å². The van der Waals surface area contributed by atoms with Crippen LogP contribution in [0.1, 0.15) is 29.2 Å². The SMILES string of the molecule is FC(F)(F)c1cnc(NCCc2cn3c(n2)CCCC3)s1. The van der Waals surface area contributed by atoms with Crippen molar-refractivity contribution in [2.75, 3.05) is 11.9 Å². The lowest BCUT2D eigenvalue weighted by atomic mass is 10.2. The van der Waals surface area contributed by atoms with Gasteiger partial charge >= 0.3 is 6.18 Å². The van der Waals surface area contributed by atoms with Gasteiger partial charge in [-0.1, -0.05) is 11.3 Å². The summed E-state index contributed by atoms with van der Waals surface area (Å²) in [5, 5.41) is 3.22. The number of thiazole rings is 1. The number of nitrogens with zero attached hydrogens (tertiary/aromatic N) is 3. The van der Waals surface area contributed by atoms with Crippen molar-refractivity contribution in [1.29, 1.82) is 0 Å². The average molecular weight is 316 g/mol. The number of imidazole rings is 1. The van der Waals surface area contributed by atoms with Crippen molar-refractivity contribution in [1.82, 2.24) is 14.5 Å². The van der Waals surface area contributed by atoms with Crippen LogP contribution >= 0.6 is 11.3 Å². The van der Waals surface area contributed by atoms with E-state index < -0.39 is 11.1 Å². The van der Waals surface area contributed by atoms with Gasteiger partial charge in [-0.15, -0.1) is 0 Å². The summed E-state index contributed by atoms with van der Waals surface area (Å²) in [6.45, 7) is 1.54. The molecular formula is C13H15F3N4S. The fourth-order valence-electron chi connectivity index (χ4n) is 2.38. The Morgan fingerprint density at radius 2 is 2.19 bits per heavy atom. The summed E-state index contributed by atoms with van der Waals surface area (Å²) in [7, 11) is 0. The van der Waals surface area contributed by atoms with E-state index >= 15 is 0 Å². The first-order valence-corrected chi connectivity index (χ1v) is 7.66. The van der Waals surface area contributed by atoms with E-state index in [1.54, 1.807) is 0 Å². The van der Waals surface area contributed by atoms with Crippen molar-refractivity contribution >= 4 is 16.5 Å². The molecule has 0 saturated carbocycles. The third kappa shape index (κ3) is 3.37. The first-order valence-electron chi connectivity index (χ1n) is 6.84. The molecule has 1 N–H and O–H groups in total. The Bertz CT molecular complexity index is 594. The summed E-state index contributed by atoms with van der Waals surface area (Å²) >= 11 is 0.629. The summed E-state index contributed by atoms with van der Waals surface area (Å²) < 4.78 is 39.5. The molecule has 8 heteroatoms. The minimum absolute atomic E-state index is 0.297. The number of anilines is 1. The molecule has 0 amide bonds. The molecule has 0 fully saturated rings. The van der Waals surface area contributed by atoms with Gasteiger partial charge in [-0.25, -0.2) is 9.97 Å². The molecule has 0 spiro atoms. The van der Waals surface area contributed by atoms with Gasteiger partial charge in [0.2, 0.25) is 0 Å². The minimum atomic E-state index is -4.32. The molecule has 21 heavy (non-hydrogen) atoms. The third-order valence-corrected chi connectivity index (χ3v) is 4.40. The predicted octanol–water partition coefficient (Wildman–Crippen LogP) is 3.35. The fraction of sp³-hybridized carbons (Fsp3) is 0.538. The molecule has 0 aliphatic carbocycles. The Labute approximate surface area is 124 Å². The number of fused-ring (bicyclic) bond motifs is 1. The zero-order chi connectivity index (χ0) is 14.9. The number of nitrogens with one attached hydrogen (secondary N) is 1. The molecule has 1 aliphatic rings. The second-order valence-electron chi connectivity index (χ2n) is 5.00. The summed E-state index contributed by atoms with van der Waals surface area (Å²) in [6.07, 6.45) is 2.63. The highest BCUT2D eigenvalue weighted by molar-refractivity contribution is 7.15. The Morgan fingerprint density at radius 3 is 2.90 bits per heavy atom. The lowest BCUT2D eigenvalue weighted by Gasteiger charge is -2.11. The normalized spacial score (nSPS) is 15.0. The maximum absolute atomic E-state index is 12.4. The van der Waals surface area contributed by atoms with Gasteiger partial charge in [0.05, 0.1) is 11.9 Å². The van der Waals surface area contributed by atoms with Crippen LogP contribution in [0.15, 0.2) is 12.4 Å². The maximum atomic E-state index is 12.4. The molecule has 114 valence electrons. The van der Waals surface area contributed by atoms with Crippen LogP contribution in [0.5, 0.6) is 0 Å². The van der Waals surface area contributed by atoms with Gasteiger partial charge in [0.25, 0.3) is 0 Å². The predicted molar refractivity (Wildman–Crippen MR) is 74.5 cm³/mol. The summed E-state index contributed by atoms with van der Waals surface area (Å²) in [6, 6.07) is 0. The highest BCUT2D eigenvalue weighted by atomic mass is 32.1. The minimum Gasteiger partial charge on any atom is -0.361 e. The van der Waals surface area contributed by atoms with E-state index in [4.69, 9.17) is 0 Å². The molecule has 1 aliphatic heterocycles. The number of hydrogen-bond acceptors (Lipinski definition) is 4. The Kier molecular flexibility index (Phi) is 3.88. The molecule has 3 rings (SSSR count). The first-order chi connectivity index (χ1) is 10.0. The number of alkyl halides is 3. The molecule has 2 aromatic heterocycles. The lowest BCUT2D eigenvalue weighted by Crippen LogP contribution is -2.08. The van der Waals surface area contributed by atoms with Gasteiger partial charge in [0.1, 0.15) is 10.7 Å².